The van der Waals surface area contributed by atoms with Gasteiger partial charge in [-0.15, -0.1) is 0 Å². The molecular formula is C11H17ClN2S. The predicted octanol–water partition coefficient (Wildman–Crippen LogP) is 3.93. The third-order valence-electron chi connectivity index (χ3n) is 2.51. The summed E-state index contributed by atoms with van der Waals surface area (Å²) in [7, 11) is 0. The van der Waals surface area contributed by atoms with Gasteiger partial charge in [-0.1, -0.05) is 50.6 Å². The fourth-order valence-corrected chi connectivity index (χ4v) is 2.43. The molecule has 0 amide bonds. The smallest absolute Gasteiger partial charge is 0.188 e. The maximum absolute atomic E-state index is 6.16. The Morgan fingerprint density at radius 3 is 2.60 bits per heavy atom. The van der Waals surface area contributed by atoms with E-state index in [1.807, 2.05) is 12.5 Å². The summed E-state index contributed by atoms with van der Waals surface area (Å²) in [5.41, 5.74) is 1.10. The molecule has 1 rings (SSSR count). The summed E-state index contributed by atoms with van der Waals surface area (Å²) in [5.74, 6) is 0. The predicted molar refractivity (Wildman–Crippen MR) is 66.8 cm³/mol. The van der Waals surface area contributed by atoms with Crippen LogP contribution in [-0.4, -0.2) is 16.2 Å². The topological polar surface area (TPSA) is 25.8 Å². The zero-order valence-corrected chi connectivity index (χ0v) is 11.2. The van der Waals surface area contributed by atoms with Crippen LogP contribution in [0.15, 0.2) is 11.4 Å². The van der Waals surface area contributed by atoms with Crippen LogP contribution in [-0.2, 0) is 5.41 Å². The second-order valence-electron chi connectivity index (χ2n) is 4.20. The van der Waals surface area contributed by atoms with Crippen molar-refractivity contribution in [3.63, 3.8) is 0 Å². The Balaban J connectivity index is 3.04. The quantitative estimate of drug-likeness (QED) is 0.456. The lowest BCUT2D eigenvalue weighted by molar-refractivity contribution is 0.468. The van der Waals surface area contributed by atoms with Gasteiger partial charge in [-0.3, -0.25) is 0 Å². The Kier molecular flexibility index (Phi) is 4.41. The second-order valence-corrected chi connectivity index (χ2v) is 5.33. The molecule has 15 heavy (non-hydrogen) atoms. The summed E-state index contributed by atoms with van der Waals surface area (Å²) in [6.45, 7) is 6.53. The largest absolute Gasteiger partial charge is 0.231 e. The second kappa shape index (κ2) is 5.17. The van der Waals surface area contributed by atoms with Crippen LogP contribution in [0, 0.1) is 0 Å². The molecule has 0 atom stereocenters. The van der Waals surface area contributed by atoms with E-state index in [4.69, 9.17) is 11.6 Å². The van der Waals surface area contributed by atoms with Gasteiger partial charge in [-0.2, -0.15) is 0 Å². The molecule has 0 saturated heterocycles. The molecule has 0 bridgehead atoms. The molecule has 0 aromatic carbocycles. The van der Waals surface area contributed by atoms with Crippen molar-refractivity contribution in [3.8, 4) is 0 Å². The summed E-state index contributed by atoms with van der Waals surface area (Å²) >= 11 is 7.67. The zero-order valence-electron chi connectivity index (χ0n) is 9.67. The van der Waals surface area contributed by atoms with Gasteiger partial charge in [-0.25, -0.2) is 9.97 Å². The Morgan fingerprint density at radius 1 is 1.47 bits per heavy atom. The Bertz CT molecular complexity index is 339. The van der Waals surface area contributed by atoms with Gasteiger partial charge in [0.25, 0.3) is 0 Å². The highest BCUT2D eigenvalue weighted by atomic mass is 35.5. The zero-order chi connectivity index (χ0) is 11.5. The maximum atomic E-state index is 6.16. The fourth-order valence-electron chi connectivity index (χ4n) is 1.66. The molecule has 0 aliphatic heterocycles. The van der Waals surface area contributed by atoms with E-state index in [0.717, 1.165) is 23.6 Å². The van der Waals surface area contributed by atoms with Crippen molar-refractivity contribution in [2.75, 3.05) is 6.26 Å². The van der Waals surface area contributed by atoms with E-state index in [-0.39, 0.29) is 5.41 Å². The van der Waals surface area contributed by atoms with Crippen molar-refractivity contribution in [1.29, 1.82) is 0 Å². The molecule has 0 aliphatic rings. The molecule has 0 fully saturated rings. The van der Waals surface area contributed by atoms with E-state index in [0.29, 0.717) is 5.15 Å². The minimum absolute atomic E-state index is 0.0583. The molecule has 0 saturated carbocycles. The molecule has 1 heterocycles. The fraction of sp³-hybridized carbons (Fsp3) is 0.636. The van der Waals surface area contributed by atoms with E-state index in [1.54, 1.807) is 0 Å². The summed E-state index contributed by atoms with van der Waals surface area (Å²) in [6, 6.07) is 0. The lowest BCUT2D eigenvalue weighted by Crippen LogP contribution is -2.18. The lowest BCUT2D eigenvalue weighted by Gasteiger charge is -2.24. The van der Waals surface area contributed by atoms with E-state index in [9.17, 15) is 0 Å². The SMILES string of the molecule is CCCC(C)(C)c1cnc(SC)nc1Cl. The van der Waals surface area contributed by atoms with Crippen molar-refractivity contribution in [1.82, 2.24) is 9.97 Å². The number of rotatable bonds is 4. The number of nitrogens with zero attached hydrogens (tertiary/aromatic N) is 2. The Morgan fingerprint density at radius 2 is 2.13 bits per heavy atom. The summed E-state index contributed by atoms with van der Waals surface area (Å²) in [5, 5.41) is 1.32. The van der Waals surface area contributed by atoms with Crippen molar-refractivity contribution in [2.24, 2.45) is 0 Å². The summed E-state index contributed by atoms with van der Waals surface area (Å²) in [4.78, 5) is 8.53. The standard InChI is InChI=1S/C11H17ClN2S/c1-5-6-11(2,3)8-7-13-10(15-4)14-9(8)12/h7H,5-6H2,1-4H3. The summed E-state index contributed by atoms with van der Waals surface area (Å²) in [6.07, 6.45) is 6.03. The third kappa shape index (κ3) is 3.08. The number of halogens is 1. The molecule has 0 N–H and O–H groups in total. The first-order chi connectivity index (χ1) is 7.01. The average Bonchev–Trinajstić information content (AvgIpc) is 2.17. The van der Waals surface area contributed by atoms with Crippen LogP contribution in [0.25, 0.3) is 0 Å². The molecule has 0 radical (unpaired) electrons. The van der Waals surface area contributed by atoms with Crippen LogP contribution >= 0.6 is 23.4 Å². The normalized spacial score (nSPS) is 11.8. The third-order valence-corrected chi connectivity index (χ3v) is 3.36. The van der Waals surface area contributed by atoms with Crippen LogP contribution in [0.3, 0.4) is 0 Å². The van der Waals surface area contributed by atoms with Gasteiger partial charge >= 0.3 is 0 Å². The molecule has 0 aliphatic carbocycles. The first-order valence-corrected chi connectivity index (χ1v) is 6.68. The molecule has 0 unspecified atom stereocenters. The van der Waals surface area contributed by atoms with Gasteiger partial charge in [0.15, 0.2) is 5.16 Å². The minimum Gasteiger partial charge on any atom is -0.231 e. The monoisotopic (exact) mass is 244 g/mol. The highest BCUT2D eigenvalue weighted by Gasteiger charge is 2.23. The van der Waals surface area contributed by atoms with Gasteiger partial charge in [0.2, 0.25) is 0 Å². The lowest BCUT2D eigenvalue weighted by atomic mass is 9.82. The van der Waals surface area contributed by atoms with Crippen LogP contribution in [0.5, 0.6) is 0 Å². The van der Waals surface area contributed by atoms with Gasteiger partial charge in [0, 0.05) is 11.8 Å². The molecule has 4 heteroatoms. The van der Waals surface area contributed by atoms with E-state index in [2.05, 4.69) is 30.7 Å². The molecule has 2 nitrogen and oxygen atoms in total. The van der Waals surface area contributed by atoms with E-state index in [1.165, 1.54) is 11.8 Å². The minimum atomic E-state index is 0.0583. The number of hydrogen-bond acceptors (Lipinski definition) is 3. The molecule has 1 aromatic heterocycles. The molecular weight excluding hydrogens is 228 g/mol. The van der Waals surface area contributed by atoms with Crippen molar-refractivity contribution >= 4 is 23.4 Å². The van der Waals surface area contributed by atoms with Crippen LogP contribution in [0.1, 0.15) is 39.2 Å². The van der Waals surface area contributed by atoms with Crippen LogP contribution < -0.4 is 0 Å². The maximum Gasteiger partial charge on any atom is 0.188 e. The van der Waals surface area contributed by atoms with Crippen LogP contribution in [0.2, 0.25) is 5.15 Å². The van der Waals surface area contributed by atoms with Gasteiger partial charge < -0.3 is 0 Å². The highest BCUT2D eigenvalue weighted by Crippen LogP contribution is 2.32. The van der Waals surface area contributed by atoms with Gasteiger partial charge in [0.05, 0.1) is 0 Å². The number of aromatic nitrogens is 2. The Hall–Kier alpha value is -0.280. The number of thioether (sulfide) groups is 1. The molecule has 1 aromatic rings. The molecule has 0 spiro atoms. The number of hydrogen-bond donors (Lipinski definition) is 0. The summed E-state index contributed by atoms with van der Waals surface area (Å²) < 4.78 is 0. The van der Waals surface area contributed by atoms with Gasteiger partial charge in [-0.05, 0) is 18.1 Å². The van der Waals surface area contributed by atoms with Crippen LogP contribution in [0.4, 0.5) is 0 Å². The van der Waals surface area contributed by atoms with Crippen molar-refractivity contribution in [3.05, 3.63) is 16.9 Å². The van der Waals surface area contributed by atoms with Gasteiger partial charge in [0.1, 0.15) is 5.15 Å². The Labute approximate surface area is 101 Å². The van der Waals surface area contributed by atoms with Crippen molar-refractivity contribution in [2.45, 2.75) is 44.2 Å². The first-order valence-electron chi connectivity index (χ1n) is 5.08. The van der Waals surface area contributed by atoms with E-state index < -0.39 is 0 Å². The highest BCUT2D eigenvalue weighted by molar-refractivity contribution is 7.98. The molecule has 84 valence electrons. The van der Waals surface area contributed by atoms with Crippen molar-refractivity contribution < 1.29 is 0 Å². The first kappa shape index (κ1) is 12.8. The van der Waals surface area contributed by atoms with E-state index >= 15 is 0 Å². The average molecular weight is 245 g/mol.